The van der Waals surface area contributed by atoms with Crippen LogP contribution >= 0.6 is 11.6 Å². The summed E-state index contributed by atoms with van der Waals surface area (Å²) in [6.45, 7) is 7.63. The fourth-order valence-electron chi connectivity index (χ4n) is 2.95. The van der Waals surface area contributed by atoms with E-state index in [9.17, 15) is 0 Å². The molecule has 0 atom stereocenters. The quantitative estimate of drug-likeness (QED) is 0.796. The first kappa shape index (κ1) is 14.9. The Morgan fingerprint density at radius 2 is 1.95 bits per heavy atom. The van der Waals surface area contributed by atoms with Crippen LogP contribution in [-0.4, -0.2) is 11.4 Å². The highest BCUT2D eigenvalue weighted by molar-refractivity contribution is 6.18. The monoisotopic (exact) mass is 279 g/mol. The van der Waals surface area contributed by atoms with Crippen molar-refractivity contribution >= 4 is 11.6 Å². The Kier molecular flexibility index (Phi) is 4.92. The van der Waals surface area contributed by atoms with Crippen molar-refractivity contribution in [1.29, 1.82) is 0 Å². The fourth-order valence-corrected chi connectivity index (χ4v) is 3.31. The minimum absolute atomic E-state index is 0.157. The zero-order chi connectivity index (χ0) is 13.9. The molecule has 1 aromatic rings. The van der Waals surface area contributed by atoms with Gasteiger partial charge in [-0.1, -0.05) is 30.7 Å². The molecule has 0 amide bonds. The SMILES string of the molecule is Cc1ccc(C)c(CNC2(CCl)CCC(C)CC2)c1. The van der Waals surface area contributed by atoms with Crippen LogP contribution in [0.25, 0.3) is 0 Å². The average molecular weight is 280 g/mol. The molecule has 2 heteroatoms. The van der Waals surface area contributed by atoms with Crippen molar-refractivity contribution in [2.45, 2.75) is 58.5 Å². The minimum atomic E-state index is 0.157. The van der Waals surface area contributed by atoms with Crippen molar-refractivity contribution in [3.8, 4) is 0 Å². The molecule has 0 radical (unpaired) electrons. The predicted molar refractivity (Wildman–Crippen MR) is 83.8 cm³/mol. The molecule has 0 unspecified atom stereocenters. The van der Waals surface area contributed by atoms with Gasteiger partial charge in [0, 0.05) is 18.0 Å². The summed E-state index contributed by atoms with van der Waals surface area (Å²) in [7, 11) is 0. The number of hydrogen-bond acceptors (Lipinski definition) is 1. The third-order valence-electron chi connectivity index (χ3n) is 4.65. The van der Waals surface area contributed by atoms with Gasteiger partial charge in [-0.05, 0) is 56.6 Å². The van der Waals surface area contributed by atoms with Gasteiger partial charge in [-0.2, -0.15) is 0 Å². The molecule has 0 spiro atoms. The van der Waals surface area contributed by atoms with Gasteiger partial charge in [-0.3, -0.25) is 0 Å². The van der Waals surface area contributed by atoms with Gasteiger partial charge < -0.3 is 5.32 Å². The molecule has 19 heavy (non-hydrogen) atoms. The van der Waals surface area contributed by atoms with E-state index >= 15 is 0 Å². The molecule has 1 aliphatic carbocycles. The van der Waals surface area contributed by atoms with Crippen molar-refractivity contribution in [2.24, 2.45) is 5.92 Å². The molecular formula is C17H26ClN. The van der Waals surface area contributed by atoms with Crippen LogP contribution in [0.5, 0.6) is 0 Å². The highest BCUT2D eigenvalue weighted by Crippen LogP contribution is 2.33. The summed E-state index contributed by atoms with van der Waals surface area (Å²) in [5.41, 5.74) is 4.26. The maximum absolute atomic E-state index is 6.26. The normalized spacial score (nSPS) is 27.5. The molecule has 0 aromatic heterocycles. The summed E-state index contributed by atoms with van der Waals surface area (Å²) in [4.78, 5) is 0. The molecule has 1 saturated carbocycles. The summed E-state index contributed by atoms with van der Waals surface area (Å²) in [6, 6.07) is 6.68. The molecule has 1 aromatic carbocycles. The topological polar surface area (TPSA) is 12.0 Å². The van der Waals surface area contributed by atoms with E-state index in [1.807, 2.05) is 0 Å². The molecule has 0 heterocycles. The molecule has 0 bridgehead atoms. The van der Waals surface area contributed by atoms with E-state index in [-0.39, 0.29) is 5.54 Å². The molecule has 1 nitrogen and oxygen atoms in total. The first-order chi connectivity index (χ1) is 9.04. The Balaban J connectivity index is 2.01. The smallest absolute Gasteiger partial charge is 0.0406 e. The molecule has 0 aliphatic heterocycles. The van der Waals surface area contributed by atoms with Crippen molar-refractivity contribution < 1.29 is 0 Å². The van der Waals surface area contributed by atoms with Crippen LogP contribution in [0.15, 0.2) is 18.2 Å². The van der Waals surface area contributed by atoms with Gasteiger partial charge in [0.15, 0.2) is 0 Å². The van der Waals surface area contributed by atoms with Crippen LogP contribution in [0.3, 0.4) is 0 Å². The Bertz CT molecular complexity index is 419. The van der Waals surface area contributed by atoms with Gasteiger partial charge in [0.25, 0.3) is 0 Å². The lowest BCUT2D eigenvalue weighted by Crippen LogP contribution is -2.49. The van der Waals surface area contributed by atoms with Crippen molar-refractivity contribution in [2.75, 3.05) is 5.88 Å². The fraction of sp³-hybridized carbons (Fsp3) is 0.647. The number of nitrogens with one attached hydrogen (secondary N) is 1. The van der Waals surface area contributed by atoms with E-state index in [0.29, 0.717) is 0 Å². The Hall–Kier alpha value is -0.530. The van der Waals surface area contributed by atoms with Crippen LogP contribution in [0.2, 0.25) is 0 Å². The number of rotatable bonds is 4. The molecule has 2 rings (SSSR count). The Morgan fingerprint density at radius 3 is 2.58 bits per heavy atom. The third-order valence-corrected chi connectivity index (χ3v) is 5.16. The van der Waals surface area contributed by atoms with E-state index < -0.39 is 0 Å². The highest BCUT2D eigenvalue weighted by atomic mass is 35.5. The lowest BCUT2D eigenvalue weighted by molar-refractivity contribution is 0.216. The summed E-state index contributed by atoms with van der Waals surface area (Å²) in [5, 5.41) is 3.76. The zero-order valence-corrected chi connectivity index (χ0v) is 13.2. The van der Waals surface area contributed by atoms with Gasteiger partial charge in [0.1, 0.15) is 0 Å². The summed E-state index contributed by atoms with van der Waals surface area (Å²) < 4.78 is 0. The van der Waals surface area contributed by atoms with E-state index in [4.69, 9.17) is 11.6 Å². The zero-order valence-electron chi connectivity index (χ0n) is 12.4. The van der Waals surface area contributed by atoms with Crippen LogP contribution in [0, 0.1) is 19.8 Å². The summed E-state index contributed by atoms with van der Waals surface area (Å²) in [6.07, 6.45) is 5.02. The number of alkyl halides is 1. The van der Waals surface area contributed by atoms with Gasteiger partial charge in [-0.25, -0.2) is 0 Å². The number of aryl methyl sites for hydroxylation is 2. The average Bonchev–Trinajstić information content (AvgIpc) is 2.42. The van der Waals surface area contributed by atoms with E-state index in [1.165, 1.54) is 42.4 Å². The van der Waals surface area contributed by atoms with Gasteiger partial charge in [-0.15, -0.1) is 11.6 Å². The summed E-state index contributed by atoms with van der Waals surface area (Å²) >= 11 is 6.26. The minimum Gasteiger partial charge on any atom is -0.306 e. The van der Waals surface area contributed by atoms with Gasteiger partial charge in [0.05, 0.1) is 0 Å². The van der Waals surface area contributed by atoms with Crippen molar-refractivity contribution in [3.05, 3.63) is 34.9 Å². The maximum Gasteiger partial charge on any atom is 0.0406 e. The lowest BCUT2D eigenvalue weighted by atomic mass is 9.78. The molecule has 1 fully saturated rings. The maximum atomic E-state index is 6.26. The van der Waals surface area contributed by atoms with E-state index in [1.54, 1.807) is 0 Å². The van der Waals surface area contributed by atoms with Crippen LogP contribution in [0.4, 0.5) is 0 Å². The first-order valence-corrected chi connectivity index (χ1v) is 7.95. The Morgan fingerprint density at radius 1 is 1.26 bits per heavy atom. The third kappa shape index (κ3) is 3.73. The van der Waals surface area contributed by atoms with Gasteiger partial charge >= 0.3 is 0 Å². The first-order valence-electron chi connectivity index (χ1n) is 7.42. The van der Waals surface area contributed by atoms with E-state index in [2.05, 4.69) is 44.3 Å². The molecule has 0 saturated heterocycles. The van der Waals surface area contributed by atoms with Crippen molar-refractivity contribution in [1.82, 2.24) is 5.32 Å². The second-order valence-corrected chi connectivity index (χ2v) is 6.65. The summed E-state index contributed by atoms with van der Waals surface area (Å²) in [5.74, 6) is 1.59. The molecule has 106 valence electrons. The second-order valence-electron chi connectivity index (χ2n) is 6.38. The standard InChI is InChI=1S/C17H26ClN/c1-13-6-8-17(12-18,9-7-13)19-11-16-10-14(2)4-5-15(16)3/h4-5,10,13,19H,6-9,11-12H2,1-3H3. The Labute approximate surface area is 122 Å². The lowest BCUT2D eigenvalue weighted by Gasteiger charge is -2.39. The molecular weight excluding hydrogens is 254 g/mol. The predicted octanol–water partition coefficient (Wildman–Crippen LogP) is 4.58. The molecule has 1 N–H and O–H groups in total. The second kappa shape index (κ2) is 6.28. The van der Waals surface area contributed by atoms with Gasteiger partial charge in [0.2, 0.25) is 0 Å². The molecule has 1 aliphatic rings. The number of hydrogen-bond donors (Lipinski definition) is 1. The van der Waals surface area contributed by atoms with Crippen LogP contribution in [-0.2, 0) is 6.54 Å². The number of halogens is 1. The number of benzene rings is 1. The largest absolute Gasteiger partial charge is 0.306 e. The van der Waals surface area contributed by atoms with Crippen molar-refractivity contribution in [3.63, 3.8) is 0 Å². The van der Waals surface area contributed by atoms with Crippen LogP contribution < -0.4 is 5.32 Å². The van der Waals surface area contributed by atoms with Crippen LogP contribution in [0.1, 0.15) is 49.3 Å². The van der Waals surface area contributed by atoms with E-state index in [0.717, 1.165) is 18.3 Å². The highest BCUT2D eigenvalue weighted by Gasteiger charge is 2.32.